The molecule has 0 aliphatic rings. The smallest absolute Gasteiger partial charge is 0.305 e. The molecule has 0 radical (unpaired) electrons. The summed E-state index contributed by atoms with van der Waals surface area (Å²) in [5, 5.41) is 23.6. The molecule has 0 bridgehead atoms. The first-order chi connectivity index (χ1) is 23.1. The van der Waals surface area contributed by atoms with Crippen molar-refractivity contribution in [1.29, 1.82) is 0 Å². The highest BCUT2D eigenvalue weighted by Gasteiger charge is 2.50. The lowest BCUT2D eigenvalue weighted by molar-refractivity contribution is -0.147. The Labute approximate surface area is 318 Å². The first kappa shape index (κ1) is 47.6. The van der Waals surface area contributed by atoms with Crippen molar-refractivity contribution in [2.24, 2.45) is 17.3 Å². The lowest BCUT2D eigenvalue weighted by atomic mass is 9.71. The van der Waals surface area contributed by atoms with Crippen LogP contribution in [0.1, 0.15) is 139 Å². The maximum absolute atomic E-state index is 14.9. The minimum Gasteiger partial charge on any atom is -0.481 e. The van der Waals surface area contributed by atoms with Crippen LogP contribution in [0, 0.1) is 24.2 Å². The zero-order valence-corrected chi connectivity index (χ0v) is 38.3. The number of nitrogens with zero attached hydrogens (tertiary/aromatic N) is 1. The van der Waals surface area contributed by atoms with Gasteiger partial charge in [-0.25, -0.2) is 4.98 Å². The molecule has 0 aromatic carbocycles. The van der Waals surface area contributed by atoms with Crippen LogP contribution in [-0.2, 0) is 18.4 Å². The number of aliphatic carboxylic acids is 1. The van der Waals surface area contributed by atoms with Crippen molar-refractivity contribution in [3.63, 3.8) is 0 Å². The van der Waals surface area contributed by atoms with Crippen molar-refractivity contribution in [3.8, 4) is 0 Å². The number of carboxylic acid groups (broad SMARTS) is 1. The van der Waals surface area contributed by atoms with Crippen molar-refractivity contribution >= 4 is 45.8 Å². The van der Waals surface area contributed by atoms with Crippen LogP contribution in [0.15, 0.2) is 22.6 Å². The number of hydrogen-bond acceptors (Lipinski definition) is 7. The number of aromatic nitrogens is 1. The summed E-state index contributed by atoms with van der Waals surface area (Å²) in [6.07, 6.45) is 7.09. The molecule has 1 heterocycles. The molecule has 0 spiro atoms. The highest BCUT2D eigenvalue weighted by atomic mass is 32.1. The normalized spacial score (nSPS) is 17.2. The maximum Gasteiger partial charge on any atom is 0.305 e. The second-order valence-corrected chi connectivity index (χ2v) is 29.2. The van der Waals surface area contributed by atoms with E-state index in [0.29, 0.717) is 12.8 Å². The van der Waals surface area contributed by atoms with Crippen LogP contribution < -0.4 is 0 Å². The van der Waals surface area contributed by atoms with E-state index in [2.05, 4.69) is 99.6 Å². The average Bonchev–Trinajstić information content (AvgIpc) is 3.39. The van der Waals surface area contributed by atoms with E-state index in [1.807, 2.05) is 39.2 Å². The van der Waals surface area contributed by atoms with Crippen LogP contribution in [0.2, 0.25) is 36.3 Å². The summed E-state index contributed by atoms with van der Waals surface area (Å²) in [6, 6.07) is 0. The number of aliphatic hydroxyl groups excluding tert-OH is 1. The van der Waals surface area contributed by atoms with Gasteiger partial charge in [-0.2, -0.15) is 0 Å². The van der Waals surface area contributed by atoms with Gasteiger partial charge in [-0.3, -0.25) is 9.59 Å². The highest BCUT2D eigenvalue weighted by Crippen LogP contribution is 2.45. The number of rotatable bonds is 21. The molecule has 10 heteroatoms. The monoisotopic (exact) mass is 765 g/mol. The van der Waals surface area contributed by atoms with E-state index in [-0.39, 0.29) is 40.2 Å². The Morgan fingerprint density at radius 3 is 1.98 bits per heavy atom. The topological polar surface area (TPSA) is 106 Å². The molecule has 0 saturated carbocycles. The van der Waals surface area contributed by atoms with Crippen LogP contribution >= 0.6 is 11.3 Å². The molecular formula is C41H75NO6SSi2. The van der Waals surface area contributed by atoms with Gasteiger partial charge < -0.3 is 19.1 Å². The largest absolute Gasteiger partial charge is 0.481 e. The van der Waals surface area contributed by atoms with Gasteiger partial charge in [0.25, 0.3) is 0 Å². The molecule has 0 saturated heterocycles. The number of aliphatic hydroxyl groups is 1. The molecule has 5 atom stereocenters. The number of carboxylic acids is 1. The second kappa shape index (κ2) is 19.2. The van der Waals surface area contributed by atoms with Crippen molar-refractivity contribution in [1.82, 2.24) is 4.98 Å². The molecule has 1 rings (SSSR count). The number of Topliss-reactive ketones (excluding diaryl/α,β-unsaturated/α-hetero) is 1. The number of ketones is 1. The van der Waals surface area contributed by atoms with Gasteiger partial charge >= 0.3 is 5.97 Å². The van der Waals surface area contributed by atoms with Gasteiger partial charge in [0.05, 0.1) is 35.4 Å². The maximum atomic E-state index is 14.9. The first-order valence-electron chi connectivity index (χ1n) is 19.1. The van der Waals surface area contributed by atoms with Crippen LogP contribution in [0.3, 0.4) is 0 Å². The summed E-state index contributed by atoms with van der Waals surface area (Å²) in [5.74, 6) is -1.17. The average molecular weight is 766 g/mol. The van der Waals surface area contributed by atoms with Gasteiger partial charge in [0.2, 0.25) is 0 Å². The summed E-state index contributed by atoms with van der Waals surface area (Å²) >= 11 is 1.61. The Kier molecular flexibility index (Phi) is 18.0. The van der Waals surface area contributed by atoms with Gasteiger partial charge in [-0.1, -0.05) is 87.3 Å². The molecule has 51 heavy (non-hydrogen) atoms. The molecule has 0 aliphatic heterocycles. The van der Waals surface area contributed by atoms with Gasteiger partial charge in [0.15, 0.2) is 16.6 Å². The van der Waals surface area contributed by atoms with Crippen molar-refractivity contribution < 1.29 is 28.7 Å². The predicted molar refractivity (Wildman–Crippen MR) is 221 cm³/mol. The van der Waals surface area contributed by atoms with Gasteiger partial charge in [-0.05, 0) is 107 Å². The summed E-state index contributed by atoms with van der Waals surface area (Å²) in [7, 11) is -4.68. The summed E-state index contributed by atoms with van der Waals surface area (Å²) in [5.41, 5.74) is 2.01. The Morgan fingerprint density at radius 2 is 1.51 bits per heavy atom. The van der Waals surface area contributed by atoms with Gasteiger partial charge in [0, 0.05) is 16.7 Å². The zero-order valence-electron chi connectivity index (χ0n) is 35.5. The molecule has 7 nitrogen and oxygen atoms in total. The predicted octanol–water partition coefficient (Wildman–Crippen LogP) is 11.6. The van der Waals surface area contributed by atoms with E-state index < -0.39 is 40.2 Å². The SMILES string of the molecule is CCC[C@@H](C(=O)C(C)(C)C(CC(=O)O)O[Si](C)(C)C(C)(C)C)[C@@H](O[Si](C)(C)C(C)(C)C)C(C)CCC/C(C)=C\C[C@H](O)/C(C)=C/c1csc(C)n1. The van der Waals surface area contributed by atoms with E-state index in [4.69, 9.17) is 8.85 Å². The fourth-order valence-corrected chi connectivity index (χ4v) is 9.33. The first-order valence-corrected chi connectivity index (χ1v) is 25.8. The van der Waals surface area contributed by atoms with Crippen LogP contribution in [0.5, 0.6) is 0 Å². The molecule has 0 amide bonds. The third kappa shape index (κ3) is 14.4. The summed E-state index contributed by atoms with van der Waals surface area (Å²) < 4.78 is 14.0. The van der Waals surface area contributed by atoms with Gasteiger partial charge in [-0.15, -0.1) is 11.3 Å². The molecule has 0 fully saturated rings. The molecule has 294 valence electrons. The van der Waals surface area contributed by atoms with E-state index in [1.54, 1.807) is 11.3 Å². The van der Waals surface area contributed by atoms with Crippen LogP contribution in [0.25, 0.3) is 6.08 Å². The second-order valence-electron chi connectivity index (χ2n) is 18.6. The zero-order chi connectivity index (χ0) is 39.8. The Morgan fingerprint density at radius 1 is 0.961 bits per heavy atom. The number of allylic oxidation sites excluding steroid dienone is 1. The van der Waals surface area contributed by atoms with Gasteiger partial charge in [0.1, 0.15) is 5.78 Å². The number of carbonyl (C=O) groups excluding carboxylic acids is 1. The Balaban J connectivity index is 3.34. The van der Waals surface area contributed by atoms with E-state index >= 15 is 0 Å². The molecule has 2 N–H and O–H groups in total. The van der Waals surface area contributed by atoms with Crippen molar-refractivity contribution in [2.75, 3.05) is 0 Å². The minimum atomic E-state index is -2.39. The summed E-state index contributed by atoms with van der Waals surface area (Å²) in [6.45, 7) is 36.0. The fraction of sp³-hybridized carbons (Fsp3) is 0.780. The fourth-order valence-electron chi connectivity index (χ4n) is 5.88. The van der Waals surface area contributed by atoms with Crippen molar-refractivity contribution in [2.45, 2.75) is 190 Å². The third-order valence-electron chi connectivity index (χ3n) is 11.6. The lowest BCUT2D eigenvalue weighted by Gasteiger charge is -2.47. The highest BCUT2D eigenvalue weighted by molar-refractivity contribution is 7.09. The molecular weight excluding hydrogens is 691 g/mol. The van der Waals surface area contributed by atoms with Crippen LogP contribution in [0.4, 0.5) is 0 Å². The Bertz CT molecular complexity index is 1330. The standard InChI is InChI=1S/C41H75NO6SSi2/c1-18-20-33(38(46)41(12,13)35(26-36(44)45)47-50(14,15)39(6,7)8)37(48-51(16,17)40(9,10)11)29(3)22-19-21-28(2)23-24-34(43)30(4)25-32-27-49-31(5)42-32/h23,25,27,29,33-35,37,43H,18-22,24,26H2,1-17H3,(H,44,45)/b28-23-,30-25+/t29?,33-,34+,35?,37+/m1/s1. The van der Waals surface area contributed by atoms with E-state index in [9.17, 15) is 19.8 Å². The third-order valence-corrected chi connectivity index (χ3v) is 21.4. The van der Waals surface area contributed by atoms with Crippen molar-refractivity contribution in [3.05, 3.63) is 33.3 Å². The van der Waals surface area contributed by atoms with E-state index in [0.717, 1.165) is 42.0 Å². The molecule has 0 aliphatic carbocycles. The number of carbonyl (C=O) groups is 2. The quantitative estimate of drug-likeness (QED) is 0.0948. The number of hydrogen-bond donors (Lipinski definition) is 2. The number of thiazole rings is 1. The molecule has 1 aromatic heterocycles. The Hall–Kier alpha value is -1.44. The lowest BCUT2D eigenvalue weighted by Crippen LogP contribution is -2.55. The minimum absolute atomic E-state index is 0.0390. The molecule has 2 unspecified atom stereocenters. The van der Waals surface area contributed by atoms with Crippen LogP contribution in [-0.4, -0.2) is 61.9 Å². The number of aryl methyl sites for hydroxylation is 1. The van der Waals surface area contributed by atoms with E-state index in [1.165, 1.54) is 5.57 Å². The summed E-state index contributed by atoms with van der Waals surface area (Å²) in [4.78, 5) is 31.6. The molecule has 1 aromatic rings.